The summed E-state index contributed by atoms with van der Waals surface area (Å²) in [6.45, 7) is 0.335. The Kier molecular flexibility index (Phi) is 5.46. The van der Waals surface area contributed by atoms with Gasteiger partial charge in [0.1, 0.15) is 22.8 Å². The number of carbonyl (C=O) groups is 3. The molecule has 1 aromatic carbocycles. The number of phenols is 1. The van der Waals surface area contributed by atoms with Gasteiger partial charge in [0.15, 0.2) is 11.4 Å². The molecule has 1 aromatic heterocycles. The lowest BCUT2D eigenvalue weighted by Crippen LogP contribution is -2.57. The van der Waals surface area contributed by atoms with Gasteiger partial charge in [0.05, 0.1) is 12.2 Å². The number of aliphatic hydroxyl groups excluding tert-OH is 2. The second-order valence-corrected chi connectivity index (χ2v) is 9.41. The number of aliphatic hydroxyl groups is 3. The summed E-state index contributed by atoms with van der Waals surface area (Å²) in [5.74, 6) is -6.54. The standard InChI is InChI=1S/C26H24N2O8/c1-36-10-11-4-13(9-28-8-11)15-2-3-17(29)20-16(15)6-12-5-14-7-18(30)21(25(27)34)24(33)26(14,35)23(32)19(12)22(20)31/h2-4,8-9,12,14,29-30,32,35H,5-7,10H2,1H3,(H2,27,34)/t12-,14+,26+/m1/s1. The van der Waals surface area contributed by atoms with E-state index >= 15 is 0 Å². The molecular formula is C26H24N2O8. The number of phenolic OH excluding ortho intramolecular Hbond substituents is 1. The number of rotatable bonds is 4. The normalized spacial score (nSPS) is 25.4. The maximum atomic E-state index is 13.6. The summed E-state index contributed by atoms with van der Waals surface area (Å²) in [5, 5.41) is 43.3. The summed E-state index contributed by atoms with van der Waals surface area (Å²) in [4.78, 5) is 42.7. The van der Waals surface area contributed by atoms with Gasteiger partial charge in [0.25, 0.3) is 5.91 Å². The minimum atomic E-state index is -2.58. The van der Waals surface area contributed by atoms with Crippen molar-refractivity contribution in [3.63, 3.8) is 0 Å². The number of carbonyl (C=O) groups excluding carboxylic acids is 3. The van der Waals surface area contributed by atoms with E-state index in [-0.39, 0.29) is 36.1 Å². The first-order chi connectivity index (χ1) is 17.1. The fraction of sp³-hybridized carbons (Fsp3) is 0.308. The lowest BCUT2D eigenvalue weighted by molar-refractivity contribution is -0.144. The minimum Gasteiger partial charge on any atom is -0.511 e. The van der Waals surface area contributed by atoms with Crippen LogP contribution >= 0.6 is 0 Å². The first kappa shape index (κ1) is 23.7. The van der Waals surface area contributed by atoms with Crippen LogP contribution in [0.3, 0.4) is 0 Å². The van der Waals surface area contributed by atoms with Crippen molar-refractivity contribution in [2.75, 3.05) is 7.11 Å². The van der Waals surface area contributed by atoms with Gasteiger partial charge in [-0.3, -0.25) is 19.4 Å². The molecule has 2 aromatic rings. The van der Waals surface area contributed by atoms with Crippen LogP contribution in [0.4, 0.5) is 0 Å². The Hall–Kier alpha value is -4.02. The summed E-state index contributed by atoms with van der Waals surface area (Å²) >= 11 is 0. The highest BCUT2D eigenvalue weighted by atomic mass is 16.5. The Morgan fingerprint density at radius 1 is 1.19 bits per heavy atom. The third-order valence-electron chi connectivity index (χ3n) is 7.36. The second kappa shape index (κ2) is 8.28. The topological polar surface area (TPSA) is 180 Å². The van der Waals surface area contributed by atoms with Crippen molar-refractivity contribution < 1.29 is 39.5 Å². The van der Waals surface area contributed by atoms with Crippen LogP contribution in [-0.2, 0) is 27.4 Å². The highest BCUT2D eigenvalue weighted by molar-refractivity contribution is 6.24. The number of nitrogens with two attached hydrogens (primary N) is 1. The van der Waals surface area contributed by atoms with Gasteiger partial charge < -0.3 is 30.9 Å². The van der Waals surface area contributed by atoms with Gasteiger partial charge in [0.2, 0.25) is 5.78 Å². The van der Waals surface area contributed by atoms with Crippen LogP contribution in [0.25, 0.3) is 11.1 Å². The molecule has 0 saturated heterocycles. The Balaban J connectivity index is 1.66. The summed E-state index contributed by atoms with van der Waals surface area (Å²) in [5.41, 5.74) is 4.33. The number of Topliss-reactive ketones (excluding diaryl/α,β-unsaturated/α-hetero) is 2. The van der Waals surface area contributed by atoms with E-state index in [4.69, 9.17) is 10.5 Å². The zero-order chi connectivity index (χ0) is 25.9. The molecule has 10 nitrogen and oxygen atoms in total. The molecule has 6 N–H and O–H groups in total. The number of ketones is 2. The average Bonchev–Trinajstić information content (AvgIpc) is 2.81. The number of nitrogens with zero attached hydrogens (tertiary/aromatic N) is 1. The van der Waals surface area contributed by atoms with E-state index in [2.05, 4.69) is 4.98 Å². The zero-order valence-electron chi connectivity index (χ0n) is 19.3. The number of hydrogen-bond donors (Lipinski definition) is 5. The number of pyridine rings is 1. The molecule has 0 saturated carbocycles. The minimum absolute atomic E-state index is 0.0405. The second-order valence-electron chi connectivity index (χ2n) is 9.41. The zero-order valence-corrected chi connectivity index (χ0v) is 19.3. The van der Waals surface area contributed by atoms with Crippen LogP contribution in [0.2, 0.25) is 0 Å². The highest BCUT2D eigenvalue weighted by Crippen LogP contribution is 2.52. The number of hydrogen-bond acceptors (Lipinski definition) is 9. The van der Waals surface area contributed by atoms with E-state index < -0.39 is 52.0 Å². The van der Waals surface area contributed by atoms with Crippen LogP contribution in [0.15, 0.2) is 53.3 Å². The molecule has 0 bridgehead atoms. The maximum Gasteiger partial charge on any atom is 0.255 e. The molecule has 0 unspecified atom stereocenters. The van der Waals surface area contributed by atoms with E-state index in [0.717, 1.165) is 5.56 Å². The van der Waals surface area contributed by atoms with Gasteiger partial charge >= 0.3 is 0 Å². The highest BCUT2D eigenvalue weighted by Gasteiger charge is 2.59. The Morgan fingerprint density at radius 2 is 1.94 bits per heavy atom. The van der Waals surface area contributed by atoms with Crippen LogP contribution in [0.1, 0.15) is 34.3 Å². The Morgan fingerprint density at radius 3 is 2.64 bits per heavy atom. The van der Waals surface area contributed by atoms with Crippen molar-refractivity contribution in [3.05, 3.63) is 69.9 Å². The van der Waals surface area contributed by atoms with Gasteiger partial charge in [-0.05, 0) is 47.6 Å². The number of benzene rings is 1. The summed E-state index contributed by atoms with van der Waals surface area (Å²) in [6.07, 6.45) is 3.30. The first-order valence-electron chi connectivity index (χ1n) is 11.3. The first-order valence-corrected chi connectivity index (χ1v) is 11.3. The SMILES string of the molecule is COCc1cncc(-c2ccc(O)c3c2C[C@H]2C[C@H]4CC(O)=C(C(N)=O)C(=O)[C@@]4(O)C(O)=C2C3=O)c1. The van der Waals surface area contributed by atoms with Crippen LogP contribution in [0.5, 0.6) is 5.75 Å². The van der Waals surface area contributed by atoms with E-state index in [1.165, 1.54) is 6.07 Å². The number of fused-ring (bicyclic) bond motifs is 3. The smallest absolute Gasteiger partial charge is 0.255 e. The molecular weight excluding hydrogens is 468 g/mol. The molecule has 36 heavy (non-hydrogen) atoms. The predicted molar refractivity (Wildman–Crippen MR) is 125 cm³/mol. The van der Waals surface area contributed by atoms with E-state index in [9.17, 15) is 34.8 Å². The molecule has 0 fully saturated rings. The fourth-order valence-electron chi connectivity index (χ4n) is 5.77. The molecule has 3 atom stereocenters. The number of allylic oxidation sites excluding steroid dienone is 2. The lowest BCUT2D eigenvalue weighted by Gasteiger charge is -2.45. The van der Waals surface area contributed by atoms with Gasteiger partial charge in [-0.25, -0.2) is 0 Å². The third-order valence-corrected chi connectivity index (χ3v) is 7.36. The maximum absolute atomic E-state index is 13.6. The van der Waals surface area contributed by atoms with Crippen LogP contribution in [-0.4, -0.2) is 55.6 Å². The van der Waals surface area contributed by atoms with E-state index in [1.54, 1.807) is 25.6 Å². The van der Waals surface area contributed by atoms with E-state index in [0.29, 0.717) is 23.3 Å². The number of primary amides is 1. The van der Waals surface area contributed by atoms with Crippen molar-refractivity contribution in [2.24, 2.45) is 17.6 Å². The van der Waals surface area contributed by atoms with Crippen LogP contribution < -0.4 is 5.73 Å². The Labute approximate surface area is 205 Å². The molecule has 0 spiro atoms. The number of aromatic hydroxyl groups is 1. The van der Waals surface area contributed by atoms with Crippen molar-refractivity contribution in [1.29, 1.82) is 0 Å². The van der Waals surface area contributed by atoms with Crippen molar-refractivity contribution in [3.8, 4) is 16.9 Å². The molecule has 0 aliphatic heterocycles. The number of ether oxygens (including phenoxy) is 1. The number of aromatic nitrogens is 1. The summed E-state index contributed by atoms with van der Waals surface area (Å²) in [6, 6.07) is 4.91. The predicted octanol–water partition coefficient (Wildman–Crippen LogP) is 1.79. The van der Waals surface area contributed by atoms with Crippen molar-refractivity contribution >= 4 is 17.5 Å². The number of amides is 1. The quantitative estimate of drug-likeness (QED) is 0.398. The van der Waals surface area contributed by atoms with Gasteiger partial charge in [-0.15, -0.1) is 0 Å². The fourth-order valence-corrected chi connectivity index (χ4v) is 5.77. The molecule has 10 heteroatoms. The monoisotopic (exact) mass is 492 g/mol. The van der Waals surface area contributed by atoms with Gasteiger partial charge in [0, 0.05) is 43.0 Å². The summed E-state index contributed by atoms with van der Waals surface area (Å²) in [7, 11) is 1.56. The average molecular weight is 492 g/mol. The van der Waals surface area contributed by atoms with Crippen molar-refractivity contribution in [2.45, 2.75) is 31.5 Å². The molecule has 186 valence electrons. The molecule has 3 aliphatic rings. The van der Waals surface area contributed by atoms with E-state index in [1.807, 2.05) is 6.07 Å². The Bertz CT molecular complexity index is 1410. The molecule has 1 heterocycles. The molecule has 5 rings (SSSR count). The van der Waals surface area contributed by atoms with Gasteiger partial charge in [-0.2, -0.15) is 0 Å². The summed E-state index contributed by atoms with van der Waals surface area (Å²) < 4.78 is 5.18. The largest absolute Gasteiger partial charge is 0.511 e. The van der Waals surface area contributed by atoms with Gasteiger partial charge in [-0.1, -0.05) is 6.07 Å². The molecule has 0 radical (unpaired) electrons. The number of methoxy groups -OCH3 is 1. The molecule has 3 aliphatic carbocycles. The van der Waals surface area contributed by atoms with Crippen molar-refractivity contribution in [1.82, 2.24) is 4.98 Å². The lowest BCUT2D eigenvalue weighted by atomic mass is 9.60. The molecule has 1 amide bonds. The van der Waals surface area contributed by atoms with Crippen LogP contribution in [0, 0.1) is 11.8 Å². The third kappa shape index (κ3) is 3.25.